The highest BCUT2D eigenvalue weighted by molar-refractivity contribution is 9.10. The summed E-state index contributed by atoms with van der Waals surface area (Å²) in [6.45, 7) is 2.75. The van der Waals surface area contributed by atoms with E-state index in [9.17, 15) is 4.79 Å². The zero-order valence-electron chi connectivity index (χ0n) is 12.1. The van der Waals surface area contributed by atoms with E-state index in [0.717, 1.165) is 15.8 Å². The number of hydrogen-bond acceptors (Lipinski definition) is 3. The molecule has 0 radical (unpaired) electrons. The summed E-state index contributed by atoms with van der Waals surface area (Å²) >= 11 is 3.39. The van der Waals surface area contributed by atoms with Crippen LogP contribution >= 0.6 is 15.9 Å². The van der Waals surface area contributed by atoms with E-state index in [2.05, 4.69) is 21.2 Å². The topological polar surface area (TPSA) is 47.6 Å². The van der Waals surface area contributed by atoms with Crippen LogP contribution in [0.25, 0.3) is 0 Å². The SMILES string of the molecule is Cc1cc(Br)ccc1C(=O)NCC1COc2ccccc2O1. The highest BCUT2D eigenvalue weighted by atomic mass is 79.9. The molecule has 0 aliphatic carbocycles. The minimum absolute atomic E-state index is 0.104. The van der Waals surface area contributed by atoms with Gasteiger partial charge in [0, 0.05) is 10.0 Å². The van der Waals surface area contributed by atoms with Gasteiger partial charge in [0.15, 0.2) is 11.5 Å². The molecule has 1 aliphatic heterocycles. The van der Waals surface area contributed by atoms with Crippen molar-refractivity contribution < 1.29 is 14.3 Å². The summed E-state index contributed by atoms with van der Waals surface area (Å²) in [4.78, 5) is 12.2. The van der Waals surface area contributed by atoms with Crippen molar-refractivity contribution in [1.82, 2.24) is 5.32 Å². The Morgan fingerprint density at radius 3 is 2.82 bits per heavy atom. The molecule has 0 saturated heterocycles. The van der Waals surface area contributed by atoms with E-state index >= 15 is 0 Å². The molecule has 114 valence electrons. The molecule has 0 saturated carbocycles. The first kappa shape index (κ1) is 14.9. The summed E-state index contributed by atoms with van der Waals surface area (Å²) in [5.41, 5.74) is 1.60. The number of aryl methyl sites for hydroxylation is 1. The van der Waals surface area contributed by atoms with Crippen LogP contribution in [0.15, 0.2) is 46.9 Å². The summed E-state index contributed by atoms with van der Waals surface area (Å²) in [5.74, 6) is 1.36. The summed E-state index contributed by atoms with van der Waals surface area (Å²) in [6.07, 6.45) is -0.186. The molecule has 1 aliphatic rings. The Bertz CT molecular complexity index is 702. The highest BCUT2D eigenvalue weighted by Crippen LogP contribution is 2.30. The van der Waals surface area contributed by atoms with Crippen molar-refractivity contribution in [3.05, 3.63) is 58.1 Å². The fourth-order valence-electron chi connectivity index (χ4n) is 2.35. The molecule has 1 N–H and O–H groups in total. The standard InChI is InChI=1S/C17H16BrNO3/c1-11-8-12(18)6-7-14(11)17(20)19-9-13-10-21-15-4-2-3-5-16(15)22-13/h2-8,13H,9-10H2,1H3,(H,19,20). The lowest BCUT2D eigenvalue weighted by Crippen LogP contribution is -2.40. The van der Waals surface area contributed by atoms with Gasteiger partial charge in [-0.1, -0.05) is 28.1 Å². The molecule has 1 amide bonds. The third kappa shape index (κ3) is 3.25. The number of carbonyl (C=O) groups excluding carboxylic acids is 1. The number of amides is 1. The van der Waals surface area contributed by atoms with Crippen LogP contribution in [0.2, 0.25) is 0 Å². The van der Waals surface area contributed by atoms with Gasteiger partial charge in [-0.05, 0) is 42.8 Å². The molecule has 22 heavy (non-hydrogen) atoms. The van der Waals surface area contributed by atoms with Crippen molar-refractivity contribution in [3.63, 3.8) is 0 Å². The van der Waals surface area contributed by atoms with E-state index in [1.807, 2.05) is 49.4 Å². The Morgan fingerprint density at radius 2 is 2.05 bits per heavy atom. The maximum atomic E-state index is 12.2. The summed E-state index contributed by atoms with van der Waals surface area (Å²) in [7, 11) is 0. The molecule has 1 atom stereocenters. The number of benzene rings is 2. The van der Waals surface area contributed by atoms with Crippen LogP contribution in [0.1, 0.15) is 15.9 Å². The van der Waals surface area contributed by atoms with Gasteiger partial charge in [-0.15, -0.1) is 0 Å². The van der Waals surface area contributed by atoms with Crippen LogP contribution in [-0.4, -0.2) is 25.2 Å². The number of ether oxygens (including phenoxy) is 2. The zero-order valence-corrected chi connectivity index (χ0v) is 13.7. The van der Waals surface area contributed by atoms with E-state index in [0.29, 0.717) is 24.5 Å². The smallest absolute Gasteiger partial charge is 0.251 e. The molecule has 0 bridgehead atoms. The van der Waals surface area contributed by atoms with Gasteiger partial charge in [-0.2, -0.15) is 0 Å². The minimum Gasteiger partial charge on any atom is -0.486 e. The monoisotopic (exact) mass is 361 g/mol. The maximum absolute atomic E-state index is 12.2. The Morgan fingerprint density at radius 1 is 1.27 bits per heavy atom. The Kier molecular flexibility index (Phi) is 4.34. The molecule has 0 fully saturated rings. The molecule has 1 heterocycles. The molecule has 3 rings (SSSR count). The van der Waals surface area contributed by atoms with Crippen molar-refractivity contribution in [2.45, 2.75) is 13.0 Å². The van der Waals surface area contributed by atoms with Crippen molar-refractivity contribution in [3.8, 4) is 11.5 Å². The number of halogens is 1. The number of para-hydroxylation sites is 2. The lowest BCUT2D eigenvalue weighted by atomic mass is 10.1. The van der Waals surface area contributed by atoms with Crippen LogP contribution < -0.4 is 14.8 Å². The summed E-state index contributed by atoms with van der Waals surface area (Å²) < 4.78 is 12.4. The van der Waals surface area contributed by atoms with Gasteiger partial charge in [-0.3, -0.25) is 4.79 Å². The largest absolute Gasteiger partial charge is 0.486 e. The minimum atomic E-state index is -0.186. The molecule has 4 nitrogen and oxygen atoms in total. The summed E-state index contributed by atoms with van der Waals surface area (Å²) in [6, 6.07) is 13.1. The molecular formula is C17H16BrNO3. The summed E-state index contributed by atoms with van der Waals surface area (Å²) in [5, 5.41) is 2.90. The molecule has 0 aromatic heterocycles. The molecule has 2 aromatic carbocycles. The number of rotatable bonds is 3. The Balaban J connectivity index is 1.60. The van der Waals surface area contributed by atoms with Gasteiger partial charge in [0.2, 0.25) is 0 Å². The van der Waals surface area contributed by atoms with Crippen LogP contribution in [0.3, 0.4) is 0 Å². The highest BCUT2D eigenvalue weighted by Gasteiger charge is 2.21. The van der Waals surface area contributed by atoms with Crippen molar-refractivity contribution >= 4 is 21.8 Å². The van der Waals surface area contributed by atoms with Crippen molar-refractivity contribution in [2.75, 3.05) is 13.2 Å². The van der Waals surface area contributed by atoms with E-state index in [-0.39, 0.29) is 12.0 Å². The Hall–Kier alpha value is -2.01. The molecule has 5 heteroatoms. The van der Waals surface area contributed by atoms with E-state index < -0.39 is 0 Å². The number of nitrogens with one attached hydrogen (secondary N) is 1. The average Bonchev–Trinajstić information content (AvgIpc) is 2.52. The fourth-order valence-corrected chi connectivity index (χ4v) is 2.82. The van der Waals surface area contributed by atoms with E-state index in [1.165, 1.54) is 0 Å². The number of fused-ring (bicyclic) bond motifs is 1. The second kappa shape index (κ2) is 6.40. The van der Waals surface area contributed by atoms with Crippen LogP contribution in [-0.2, 0) is 0 Å². The second-order valence-corrected chi connectivity index (χ2v) is 6.08. The number of carbonyl (C=O) groups is 1. The third-order valence-corrected chi connectivity index (χ3v) is 3.98. The first-order chi connectivity index (χ1) is 10.6. The zero-order chi connectivity index (χ0) is 15.5. The lowest BCUT2D eigenvalue weighted by molar-refractivity contribution is 0.0789. The van der Waals surface area contributed by atoms with Gasteiger partial charge >= 0.3 is 0 Å². The van der Waals surface area contributed by atoms with Gasteiger partial charge in [0.25, 0.3) is 5.91 Å². The predicted molar refractivity (Wildman–Crippen MR) is 87.6 cm³/mol. The average molecular weight is 362 g/mol. The van der Waals surface area contributed by atoms with E-state index in [1.54, 1.807) is 0 Å². The van der Waals surface area contributed by atoms with Crippen LogP contribution in [0.5, 0.6) is 11.5 Å². The van der Waals surface area contributed by atoms with Crippen molar-refractivity contribution in [2.24, 2.45) is 0 Å². The third-order valence-electron chi connectivity index (χ3n) is 3.49. The van der Waals surface area contributed by atoms with Crippen molar-refractivity contribution in [1.29, 1.82) is 0 Å². The quantitative estimate of drug-likeness (QED) is 0.911. The second-order valence-electron chi connectivity index (χ2n) is 5.17. The molecule has 2 aromatic rings. The van der Waals surface area contributed by atoms with Crippen LogP contribution in [0, 0.1) is 6.92 Å². The normalized spacial score (nSPS) is 16.2. The van der Waals surface area contributed by atoms with Gasteiger partial charge in [0.1, 0.15) is 12.7 Å². The first-order valence-corrected chi connectivity index (χ1v) is 7.85. The Labute approximate surface area is 137 Å². The lowest BCUT2D eigenvalue weighted by Gasteiger charge is -2.26. The van der Waals surface area contributed by atoms with Gasteiger partial charge < -0.3 is 14.8 Å². The van der Waals surface area contributed by atoms with Crippen LogP contribution in [0.4, 0.5) is 0 Å². The maximum Gasteiger partial charge on any atom is 0.251 e. The molecule has 1 unspecified atom stereocenters. The fraction of sp³-hybridized carbons (Fsp3) is 0.235. The molecule has 0 spiro atoms. The van der Waals surface area contributed by atoms with Gasteiger partial charge in [0.05, 0.1) is 6.54 Å². The number of hydrogen-bond donors (Lipinski definition) is 1. The predicted octanol–water partition coefficient (Wildman–Crippen LogP) is 3.33. The van der Waals surface area contributed by atoms with E-state index in [4.69, 9.17) is 9.47 Å². The molecular weight excluding hydrogens is 346 g/mol. The van der Waals surface area contributed by atoms with Gasteiger partial charge in [-0.25, -0.2) is 0 Å². The first-order valence-electron chi connectivity index (χ1n) is 7.06.